The molecule has 3 heteroatoms. The first-order valence-electron chi connectivity index (χ1n) is 7.13. The van der Waals surface area contributed by atoms with Crippen LogP contribution in [0.3, 0.4) is 0 Å². The lowest BCUT2D eigenvalue weighted by atomic mass is 9.87. The lowest BCUT2D eigenvalue weighted by molar-refractivity contribution is -0.122. The van der Waals surface area contributed by atoms with Crippen molar-refractivity contribution in [2.45, 2.75) is 72.8 Å². The minimum absolute atomic E-state index is 0.114. The molecular weight excluding hydrogens is 226 g/mol. The van der Waals surface area contributed by atoms with E-state index in [-0.39, 0.29) is 11.5 Å². The van der Waals surface area contributed by atoms with Crippen LogP contribution in [0.4, 0.5) is 0 Å². The highest BCUT2D eigenvalue weighted by Gasteiger charge is 2.22. The van der Waals surface area contributed by atoms with Gasteiger partial charge in [0.15, 0.2) is 0 Å². The number of hydrogen-bond donors (Lipinski definition) is 1. The summed E-state index contributed by atoms with van der Waals surface area (Å²) in [6, 6.07) is 0. The molecule has 0 fully saturated rings. The molecule has 0 heterocycles. The Morgan fingerprint density at radius 1 is 1.11 bits per heavy atom. The van der Waals surface area contributed by atoms with Crippen LogP contribution in [-0.4, -0.2) is 24.7 Å². The van der Waals surface area contributed by atoms with Gasteiger partial charge in [-0.3, -0.25) is 4.79 Å². The Hall–Kier alpha value is -0.570. The van der Waals surface area contributed by atoms with Gasteiger partial charge < -0.3 is 10.1 Å². The van der Waals surface area contributed by atoms with Gasteiger partial charge in [-0.05, 0) is 39.0 Å². The van der Waals surface area contributed by atoms with Crippen LogP contribution in [-0.2, 0) is 9.53 Å². The van der Waals surface area contributed by atoms with E-state index < -0.39 is 0 Å². The molecule has 0 bridgehead atoms. The van der Waals surface area contributed by atoms with Crippen LogP contribution in [0.5, 0.6) is 0 Å². The van der Waals surface area contributed by atoms with Gasteiger partial charge in [0, 0.05) is 19.6 Å². The molecule has 0 aromatic heterocycles. The molecule has 0 atom stereocenters. The van der Waals surface area contributed by atoms with Crippen molar-refractivity contribution in [2.24, 2.45) is 5.41 Å². The maximum absolute atomic E-state index is 11.4. The summed E-state index contributed by atoms with van der Waals surface area (Å²) in [6.45, 7) is 14.3. The Labute approximate surface area is 113 Å². The predicted molar refractivity (Wildman–Crippen MR) is 76.6 cm³/mol. The van der Waals surface area contributed by atoms with Gasteiger partial charge in [-0.25, -0.2) is 0 Å². The van der Waals surface area contributed by atoms with E-state index in [0.29, 0.717) is 18.4 Å². The highest BCUT2D eigenvalue weighted by molar-refractivity contribution is 5.75. The fraction of sp³-hybridized carbons (Fsp3) is 0.933. The molecule has 0 spiro atoms. The Bertz CT molecular complexity index is 247. The van der Waals surface area contributed by atoms with E-state index >= 15 is 0 Å². The van der Waals surface area contributed by atoms with Crippen LogP contribution >= 0.6 is 0 Å². The van der Waals surface area contributed by atoms with Crippen LogP contribution in [0.15, 0.2) is 0 Å². The summed E-state index contributed by atoms with van der Waals surface area (Å²) in [5.74, 6) is 0.114. The standard InChI is InChI=1S/C15H31NO2/c1-7-14(3,4)11-12-18-15(5,6)10-9-13(17)16-8-2/h7-12H2,1-6H3,(H,16,17). The fourth-order valence-electron chi connectivity index (χ4n) is 1.55. The van der Waals surface area contributed by atoms with Gasteiger partial charge in [-0.15, -0.1) is 0 Å². The van der Waals surface area contributed by atoms with Gasteiger partial charge in [0.25, 0.3) is 0 Å². The second-order valence-corrected chi connectivity index (χ2v) is 6.33. The van der Waals surface area contributed by atoms with Gasteiger partial charge in [0.1, 0.15) is 0 Å². The molecule has 0 unspecified atom stereocenters. The average molecular weight is 257 g/mol. The molecule has 1 N–H and O–H groups in total. The van der Waals surface area contributed by atoms with Crippen LogP contribution < -0.4 is 5.32 Å². The molecule has 0 aromatic rings. The van der Waals surface area contributed by atoms with Crippen LogP contribution in [0.2, 0.25) is 0 Å². The van der Waals surface area contributed by atoms with E-state index in [1.807, 2.05) is 6.92 Å². The Morgan fingerprint density at radius 3 is 2.22 bits per heavy atom. The third kappa shape index (κ3) is 8.51. The van der Waals surface area contributed by atoms with E-state index in [1.54, 1.807) is 0 Å². The largest absolute Gasteiger partial charge is 0.376 e. The number of ether oxygens (including phenoxy) is 1. The van der Waals surface area contributed by atoms with Crippen molar-refractivity contribution in [1.82, 2.24) is 5.32 Å². The lowest BCUT2D eigenvalue weighted by Gasteiger charge is -2.28. The summed E-state index contributed by atoms with van der Waals surface area (Å²) in [4.78, 5) is 11.4. The molecule has 0 aromatic carbocycles. The quantitative estimate of drug-likeness (QED) is 0.686. The minimum Gasteiger partial charge on any atom is -0.376 e. The topological polar surface area (TPSA) is 38.3 Å². The molecule has 1 amide bonds. The highest BCUT2D eigenvalue weighted by Crippen LogP contribution is 2.26. The molecule has 18 heavy (non-hydrogen) atoms. The van der Waals surface area contributed by atoms with Gasteiger partial charge in [0.2, 0.25) is 5.91 Å². The van der Waals surface area contributed by atoms with E-state index in [4.69, 9.17) is 4.74 Å². The van der Waals surface area contributed by atoms with E-state index in [0.717, 1.165) is 25.9 Å². The highest BCUT2D eigenvalue weighted by atomic mass is 16.5. The maximum Gasteiger partial charge on any atom is 0.220 e. The molecule has 3 nitrogen and oxygen atoms in total. The van der Waals surface area contributed by atoms with Crippen molar-refractivity contribution in [3.63, 3.8) is 0 Å². The van der Waals surface area contributed by atoms with Crippen molar-refractivity contribution in [2.75, 3.05) is 13.2 Å². The number of amides is 1. The van der Waals surface area contributed by atoms with Crippen LogP contribution in [0.1, 0.15) is 67.2 Å². The van der Waals surface area contributed by atoms with Crippen molar-refractivity contribution in [3.05, 3.63) is 0 Å². The zero-order valence-corrected chi connectivity index (χ0v) is 13.1. The van der Waals surface area contributed by atoms with Crippen molar-refractivity contribution < 1.29 is 9.53 Å². The molecule has 0 rings (SSSR count). The van der Waals surface area contributed by atoms with Gasteiger partial charge in [-0.2, -0.15) is 0 Å². The van der Waals surface area contributed by atoms with Crippen LogP contribution in [0, 0.1) is 5.41 Å². The van der Waals surface area contributed by atoms with E-state index in [2.05, 4.69) is 39.9 Å². The first-order chi connectivity index (χ1) is 8.22. The molecule has 0 aliphatic rings. The smallest absolute Gasteiger partial charge is 0.220 e. The number of hydrogen-bond acceptors (Lipinski definition) is 2. The predicted octanol–water partition coefficient (Wildman–Crippen LogP) is 3.52. The fourth-order valence-corrected chi connectivity index (χ4v) is 1.55. The van der Waals surface area contributed by atoms with E-state index in [9.17, 15) is 4.79 Å². The second-order valence-electron chi connectivity index (χ2n) is 6.33. The summed E-state index contributed by atoms with van der Waals surface area (Å²) in [5.41, 5.74) is 0.130. The van der Waals surface area contributed by atoms with Gasteiger partial charge >= 0.3 is 0 Å². The Kier molecular flexibility index (Phi) is 7.53. The molecule has 0 aliphatic heterocycles. The second kappa shape index (κ2) is 7.78. The van der Waals surface area contributed by atoms with E-state index in [1.165, 1.54) is 0 Å². The number of rotatable bonds is 9. The molecule has 0 aliphatic carbocycles. The minimum atomic E-state index is -0.213. The third-order valence-electron chi connectivity index (χ3n) is 3.56. The SMILES string of the molecule is CCNC(=O)CCC(C)(C)OCCC(C)(C)CC. The zero-order chi connectivity index (χ0) is 14.2. The third-order valence-corrected chi connectivity index (χ3v) is 3.56. The first-order valence-corrected chi connectivity index (χ1v) is 7.13. The molecular formula is C15H31NO2. The van der Waals surface area contributed by atoms with Crippen molar-refractivity contribution >= 4 is 5.91 Å². The summed E-state index contributed by atoms with van der Waals surface area (Å²) >= 11 is 0. The van der Waals surface area contributed by atoms with Gasteiger partial charge in [0.05, 0.1) is 5.60 Å². The zero-order valence-electron chi connectivity index (χ0n) is 13.1. The van der Waals surface area contributed by atoms with Crippen molar-refractivity contribution in [3.8, 4) is 0 Å². The first kappa shape index (κ1) is 17.4. The van der Waals surface area contributed by atoms with Gasteiger partial charge in [-0.1, -0.05) is 27.2 Å². The van der Waals surface area contributed by atoms with Crippen LogP contribution in [0.25, 0.3) is 0 Å². The summed E-state index contributed by atoms with van der Waals surface area (Å²) in [6.07, 6.45) is 3.53. The number of nitrogens with one attached hydrogen (secondary N) is 1. The molecule has 108 valence electrons. The normalized spacial score (nSPS) is 12.6. The summed E-state index contributed by atoms with van der Waals surface area (Å²) < 4.78 is 5.92. The number of carbonyl (C=O) groups excluding carboxylic acids is 1. The Morgan fingerprint density at radius 2 is 1.72 bits per heavy atom. The Balaban J connectivity index is 3.90. The molecule has 0 saturated carbocycles. The molecule has 0 radical (unpaired) electrons. The van der Waals surface area contributed by atoms with Crippen molar-refractivity contribution in [1.29, 1.82) is 0 Å². The summed E-state index contributed by atoms with van der Waals surface area (Å²) in [7, 11) is 0. The molecule has 0 saturated heterocycles. The maximum atomic E-state index is 11.4. The lowest BCUT2D eigenvalue weighted by Crippen LogP contribution is -2.30. The number of carbonyl (C=O) groups is 1. The average Bonchev–Trinajstić information content (AvgIpc) is 2.26. The summed E-state index contributed by atoms with van der Waals surface area (Å²) in [5, 5.41) is 2.81. The monoisotopic (exact) mass is 257 g/mol.